The molecule has 5 heteroatoms. The maximum atomic E-state index is 5.96. The van der Waals surface area contributed by atoms with Gasteiger partial charge >= 0.3 is 0 Å². The van der Waals surface area contributed by atoms with Gasteiger partial charge in [0.05, 0.1) is 11.6 Å². The molecule has 0 radical (unpaired) electrons. The molecule has 2 atom stereocenters. The van der Waals surface area contributed by atoms with Crippen molar-refractivity contribution in [3.05, 3.63) is 22.6 Å². The van der Waals surface area contributed by atoms with E-state index < -0.39 is 0 Å². The summed E-state index contributed by atoms with van der Waals surface area (Å²) in [6.45, 7) is 0.838. The lowest BCUT2D eigenvalue weighted by Crippen LogP contribution is -2.48. The number of hydrogen-bond donors (Lipinski definition) is 2. The van der Waals surface area contributed by atoms with Gasteiger partial charge in [-0.25, -0.2) is 5.43 Å². The van der Waals surface area contributed by atoms with Crippen LogP contribution in [0, 0.1) is 5.92 Å². The monoisotopic (exact) mass is 314 g/mol. The molecule has 1 aromatic heterocycles. The fourth-order valence-corrected chi connectivity index (χ4v) is 3.53. The molecule has 2 fully saturated rings. The van der Waals surface area contributed by atoms with Crippen molar-refractivity contribution in [3.8, 4) is 0 Å². The average Bonchev–Trinajstić information content (AvgIpc) is 2.75. The van der Waals surface area contributed by atoms with Gasteiger partial charge in [-0.3, -0.25) is 5.84 Å². The van der Waals surface area contributed by atoms with E-state index in [1.165, 1.54) is 19.3 Å². The quantitative estimate of drug-likeness (QED) is 0.665. The first-order valence-corrected chi connectivity index (χ1v) is 7.37. The third kappa shape index (κ3) is 2.25. The zero-order valence-corrected chi connectivity index (χ0v) is 11.9. The van der Waals surface area contributed by atoms with E-state index in [4.69, 9.17) is 15.0 Å². The van der Waals surface area contributed by atoms with Crippen molar-refractivity contribution in [3.63, 3.8) is 0 Å². The van der Waals surface area contributed by atoms with Crippen LogP contribution in [0.15, 0.2) is 21.2 Å². The summed E-state index contributed by atoms with van der Waals surface area (Å²) in [6.07, 6.45) is 5.81. The zero-order chi connectivity index (χ0) is 12.6. The van der Waals surface area contributed by atoms with E-state index in [1.54, 1.807) is 0 Å². The smallest absolute Gasteiger partial charge is 0.169 e. The summed E-state index contributed by atoms with van der Waals surface area (Å²) in [5.74, 6) is 7.12. The van der Waals surface area contributed by atoms with Crippen molar-refractivity contribution in [1.29, 1.82) is 0 Å². The van der Waals surface area contributed by atoms with Gasteiger partial charge in [0.1, 0.15) is 5.76 Å². The molecular weight excluding hydrogens is 296 g/mol. The van der Waals surface area contributed by atoms with E-state index in [1.807, 2.05) is 12.1 Å². The van der Waals surface area contributed by atoms with Crippen LogP contribution < -0.4 is 11.3 Å². The molecule has 1 aliphatic heterocycles. The highest BCUT2D eigenvalue weighted by molar-refractivity contribution is 9.10. The normalized spacial score (nSPS) is 28.0. The minimum Gasteiger partial charge on any atom is -0.453 e. The molecule has 2 heterocycles. The molecule has 2 aliphatic rings. The van der Waals surface area contributed by atoms with E-state index in [-0.39, 0.29) is 11.6 Å². The molecule has 1 saturated carbocycles. The first-order valence-electron chi connectivity index (χ1n) is 6.58. The van der Waals surface area contributed by atoms with Gasteiger partial charge in [-0.1, -0.05) is 0 Å². The third-order valence-corrected chi connectivity index (χ3v) is 4.77. The predicted molar refractivity (Wildman–Crippen MR) is 71.7 cm³/mol. The van der Waals surface area contributed by atoms with Crippen LogP contribution >= 0.6 is 15.9 Å². The van der Waals surface area contributed by atoms with E-state index in [9.17, 15) is 0 Å². The number of ether oxygens (including phenoxy) is 1. The first-order chi connectivity index (χ1) is 8.72. The van der Waals surface area contributed by atoms with E-state index in [0.29, 0.717) is 5.92 Å². The molecule has 1 aromatic rings. The third-order valence-electron chi connectivity index (χ3n) is 4.35. The maximum absolute atomic E-state index is 5.96. The molecule has 3 N–H and O–H groups in total. The van der Waals surface area contributed by atoms with Crippen LogP contribution in [-0.2, 0) is 4.74 Å². The maximum Gasteiger partial charge on any atom is 0.169 e. The second kappa shape index (κ2) is 4.96. The van der Waals surface area contributed by atoms with Gasteiger partial charge in [-0.05, 0) is 66.1 Å². The number of nitrogens with two attached hydrogens (primary N) is 1. The van der Waals surface area contributed by atoms with Crippen molar-refractivity contribution in [2.24, 2.45) is 11.8 Å². The zero-order valence-electron chi connectivity index (χ0n) is 10.3. The Labute approximate surface area is 115 Å². The van der Waals surface area contributed by atoms with Gasteiger partial charge in [0.15, 0.2) is 4.67 Å². The number of hydrogen-bond acceptors (Lipinski definition) is 4. The van der Waals surface area contributed by atoms with Crippen LogP contribution in [-0.4, -0.2) is 12.2 Å². The minimum atomic E-state index is 0.0812. The fraction of sp³-hybridized carbons (Fsp3) is 0.692. The van der Waals surface area contributed by atoms with Crippen LogP contribution in [0.2, 0.25) is 0 Å². The van der Waals surface area contributed by atoms with Crippen molar-refractivity contribution < 1.29 is 9.15 Å². The lowest BCUT2D eigenvalue weighted by atomic mass is 9.70. The van der Waals surface area contributed by atoms with Crippen molar-refractivity contribution in [1.82, 2.24) is 5.43 Å². The molecule has 0 amide bonds. The number of nitrogens with one attached hydrogen (secondary N) is 1. The largest absolute Gasteiger partial charge is 0.453 e. The Morgan fingerprint density at radius 3 is 2.83 bits per heavy atom. The van der Waals surface area contributed by atoms with Crippen molar-refractivity contribution >= 4 is 15.9 Å². The first kappa shape index (κ1) is 12.7. The summed E-state index contributed by atoms with van der Waals surface area (Å²) >= 11 is 3.34. The highest BCUT2D eigenvalue weighted by Crippen LogP contribution is 2.47. The predicted octanol–water partition coefficient (Wildman–Crippen LogP) is 2.90. The van der Waals surface area contributed by atoms with Gasteiger partial charge in [-0.15, -0.1) is 0 Å². The Kier molecular flexibility index (Phi) is 3.49. The van der Waals surface area contributed by atoms with Crippen molar-refractivity contribution in [2.75, 3.05) is 6.61 Å². The summed E-state index contributed by atoms with van der Waals surface area (Å²) in [5.41, 5.74) is 3.06. The standard InChI is InChI=1S/C13H19BrN2O2/c14-11-3-2-10(18-11)12(16-15)9-4-7-17-13(8-9)5-1-6-13/h2-3,9,12,16H,1,4-8,15H2. The summed E-state index contributed by atoms with van der Waals surface area (Å²) in [7, 11) is 0. The van der Waals surface area contributed by atoms with Crippen LogP contribution in [0.5, 0.6) is 0 Å². The minimum absolute atomic E-state index is 0.0812. The van der Waals surface area contributed by atoms with Gasteiger partial charge in [0.2, 0.25) is 0 Å². The van der Waals surface area contributed by atoms with Gasteiger partial charge < -0.3 is 9.15 Å². The highest BCUT2D eigenvalue weighted by Gasteiger charge is 2.44. The van der Waals surface area contributed by atoms with Crippen LogP contribution in [0.25, 0.3) is 0 Å². The molecule has 0 bridgehead atoms. The molecule has 2 unspecified atom stereocenters. The molecule has 1 aliphatic carbocycles. The van der Waals surface area contributed by atoms with Crippen molar-refractivity contribution in [2.45, 2.75) is 43.7 Å². The van der Waals surface area contributed by atoms with E-state index >= 15 is 0 Å². The number of rotatable bonds is 3. The number of halogens is 1. The van der Waals surface area contributed by atoms with Crippen LogP contribution in [0.4, 0.5) is 0 Å². The molecule has 100 valence electrons. The van der Waals surface area contributed by atoms with Crippen LogP contribution in [0.1, 0.15) is 43.9 Å². The molecule has 4 nitrogen and oxygen atoms in total. The Bertz CT molecular complexity index is 417. The van der Waals surface area contributed by atoms with E-state index in [0.717, 1.165) is 29.9 Å². The average molecular weight is 315 g/mol. The SMILES string of the molecule is NNC(c1ccc(Br)o1)C1CCOC2(CCC2)C1. The molecule has 1 spiro atoms. The number of hydrazine groups is 1. The molecule has 3 rings (SSSR count). The number of furan rings is 1. The lowest BCUT2D eigenvalue weighted by molar-refractivity contribution is -0.148. The second-order valence-electron chi connectivity index (χ2n) is 5.42. The Morgan fingerprint density at radius 1 is 1.44 bits per heavy atom. The molecule has 1 saturated heterocycles. The molecular formula is C13H19BrN2O2. The van der Waals surface area contributed by atoms with Gasteiger partial charge in [0, 0.05) is 6.61 Å². The highest BCUT2D eigenvalue weighted by atomic mass is 79.9. The van der Waals surface area contributed by atoms with E-state index in [2.05, 4.69) is 21.4 Å². The fourth-order valence-electron chi connectivity index (χ4n) is 3.22. The van der Waals surface area contributed by atoms with Gasteiger partial charge in [-0.2, -0.15) is 0 Å². The Morgan fingerprint density at radius 2 is 2.28 bits per heavy atom. The summed E-state index contributed by atoms with van der Waals surface area (Å²) in [4.78, 5) is 0. The lowest BCUT2D eigenvalue weighted by Gasteiger charge is -2.48. The summed E-state index contributed by atoms with van der Waals surface area (Å²) in [5, 5.41) is 0. The van der Waals surface area contributed by atoms with Crippen LogP contribution in [0.3, 0.4) is 0 Å². The summed E-state index contributed by atoms with van der Waals surface area (Å²) in [6, 6.07) is 3.98. The van der Waals surface area contributed by atoms with Gasteiger partial charge in [0.25, 0.3) is 0 Å². The molecule has 0 aromatic carbocycles. The topological polar surface area (TPSA) is 60.4 Å². The Balaban J connectivity index is 1.75. The summed E-state index contributed by atoms with van der Waals surface area (Å²) < 4.78 is 12.4. The molecule has 18 heavy (non-hydrogen) atoms. The Hall–Kier alpha value is -0.360. The second-order valence-corrected chi connectivity index (χ2v) is 6.21.